The van der Waals surface area contributed by atoms with Crippen LogP contribution in [0.4, 0.5) is 0 Å². The van der Waals surface area contributed by atoms with Gasteiger partial charge in [-0.2, -0.15) is 0 Å². The van der Waals surface area contributed by atoms with E-state index in [0.717, 1.165) is 31.7 Å². The first-order valence-corrected chi connectivity index (χ1v) is 8.86. The van der Waals surface area contributed by atoms with Gasteiger partial charge in [0.05, 0.1) is 0 Å². The highest BCUT2D eigenvalue weighted by Crippen LogP contribution is 2.20. The standard InChI is InChI=1S/C18H22N2O2S.ClH/c1-19-15-6-3-9-20(12-15)18(21)14-5-2-7-16(11-14)22-13-17-8-4-10-23-17;/h2,4-5,7-8,10-11,15,19H,3,6,9,12-13H2,1H3;1H. The SMILES string of the molecule is CNC1CCCN(C(=O)c2cccc(OCc3cccs3)c2)C1.Cl. The third-order valence-electron chi connectivity index (χ3n) is 4.16. The molecule has 2 heterocycles. The first kappa shape index (κ1) is 18.8. The Labute approximate surface area is 153 Å². The molecule has 1 aliphatic heterocycles. The summed E-state index contributed by atoms with van der Waals surface area (Å²) in [6.45, 7) is 2.15. The summed E-state index contributed by atoms with van der Waals surface area (Å²) in [5.74, 6) is 0.831. The average Bonchev–Trinajstić information content (AvgIpc) is 3.13. The van der Waals surface area contributed by atoms with Crippen molar-refractivity contribution in [2.24, 2.45) is 0 Å². The van der Waals surface area contributed by atoms with Crippen LogP contribution in [0.15, 0.2) is 41.8 Å². The maximum absolute atomic E-state index is 12.7. The molecule has 2 aromatic rings. The summed E-state index contributed by atoms with van der Waals surface area (Å²) in [7, 11) is 1.96. The van der Waals surface area contributed by atoms with Gasteiger partial charge in [0, 0.05) is 29.6 Å². The van der Waals surface area contributed by atoms with Crippen LogP contribution in [0.5, 0.6) is 5.75 Å². The number of carbonyl (C=O) groups is 1. The quantitative estimate of drug-likeness (QED) is 0.879. The minimum atomic E-state index is 0. The lowest BCUT2D eigenvalue weighted by Crippen LogP contribution is -2.46. The summed E-state index contributed by atoms with van der Waals surface area (Å²) < 4.78 is 5.80. The first-order valence-electron chi connectivity index (χ1n) is 7.98. The van der Waals surface area contributed by atoms with Gasteiger partial charge in [0.15, 0.2) is 0 Å². The van der Waals surface area contributed by atoms with Gasteiger partial charge < -0.3 is 15.0 Å². The molecule has 1 aliphatic rings. The fourth-order valence-corrected chi connectivity index (χ4v) is 3.46. The number of hydrogen-bond acceptors (Lipinski definition) is 4. The molecular formula is C18H23ClN2O2S. The molecule has 1 amide bonds. The number of halogens is 1. The fourth-order valence-electron chi connectivity index (χ4n) is 2.85. The predicted octanol–water partition coefficient (Wildman–Crippen LogP) is 3.57. The number of carbonyl (C=O) groups excluding carboxylic acids is 1. The van der Waals surface area contributed by atoms with Crippen LogP contribution in [0, 0.1) is 0 Å². The molecule has 0 spiro atoms. The Hall–Kier alpha value is -1.56. The number of rotatable bonds is 5. The van der Waals surface area contributed by atoms with Crippen molar-refractivity contribution in [3.63, 3.8) is 0 Å². The number of piperidine rings is 1. The molecule has 3 rings (SSSR count). The normalized spacial score (nSPS) is 17.2. The Balaban J connectivity index is 0.00000208. The second kappa shape index (κ2) is 9.06. The van der Waals surface area contributed by atoms with Crippen LogP contribution in [0.25, 0.3) is 0 Å². The van der Waals surface area contributed by atoms with E-state index in [0.29, 0.717) is 18.2 Å². The van der Waals surface area contributed by atoms with Gasteiger partial charge >= 0.3 is 0 Å². The zero-order valence-electron chi connectivity index (χ0n) is 13.7. The van der Waals surface area contributed by atoms with E-state index in [1.807, 2.05) is 53.7 Å². The lowest BCUT2D eigenvalue weighted by molar-refractivity contribution is 0.0697. The predicted molar refractivity (Wildman–Crippen MR) is 100 cm³/mol. The Morgan fingerprint density at radius 2 is 2.25 bits per heavy atom. The number of ether oxygens (including phenoxy) is 1. The van der Waals surface area contributed by atoms with E-state index in [4.69, 9.17) is 4.74 Å². The van der Waals surface area contributed by atoms with E-state index in [1.165, 1.54) is 4.88 Å². The highest BCUT2D eigenvalue weighted by atomic mass is 35.5. The zero-order chi connectivity index (χ0) is 16.1. The van der Waals surface area contributed by atoms with E-state index >= 15 is 0 Å². The van der Waals surface area contributed by atoms with Crippen LogP contribution < -0.4 is 10.1 Å². The van der Waals surface area contributed by atoms with Gasteiger partial charge in [-0.05, 0) is 49.5 Å². The molecule has 1 unspecified atom stereocenters. The van der Waals surface area contributed by atoms with Crippen molar-refractivity contribution in [2.45, 2.75) is 25.5 Å². The summed E-state index contributed by atoms with van der Waals surface area (Å²) in [6.07, 6.45) is 2.18. The third-order valence-corrected chi connectivity index (χ3v) is 5.01. The maximum atomic E-state index is 12.7. The minimum Gasteiger partial charge on any atom is -0.488 e. The molecule has 0 bridgehead atoms. The Morgan fingerprint density at radius 3 is 3.00 bits per heavy atom. The van der Waals surface area contributed by atoms with Crippen molar-refractivity contribution in [1.82, 2.24) is 10.2 Å². The number of hydrogen-bond donors (Lipinski definition) is 1. The Morgan fingerprint density at radius 1 is 1.38 bits per heavy atom. The molecule has 130 valence electrons. The van der Waals surface area contributed by atoms with Crippen LogP contribution in [0.2, 0.25) is 0 Å². The molecule has 0 saturated carbocycles. The molecule has 1 atom stereocenters. The molecule has 1 aromatic heterocycles. The van der Waals surface area contributed by atoms with Crippen LogP contribution in [0.1, 0.15) is 28.1 Å². The van der Waals surface area contributed by atoms with Crippen molar-refractivity contribution in [2.75, 3.05) is 20.1 Å². The van der Waals surface area contributed by atoms with Gasteiger partial charge in [-0.1, -0.05) is 12.1 Å². The van der Waals surface area contributed by atoms with Crippen molar-refractivity contribution in [3.8, 4) is 5.75 Å². The number of nitrogens with zero attached hydrogens (tertiary/aromatic N) is 1. The van der Waals surface area contributed by atoms with Crippen molar-refractivity contribution < 1.29 is 9.53 Å². The topological polar surface area (TPSA) is 41.6 Å². The molecule has 0 radical (unpaired) electrons. The monoisotopic (exact) mass is 366 g/mol. The molecule has 1 aromatic carbocycles. The summed E-state index contributed by atoms with van der Waals surface area (Å²) in [6, 6.07) is 11.9. The number of nitrogens with one attached hydrogen (secondary N) is 1. The third kappa shape index (κ3) is 4.72. The summed E-state index contributed by atoms with van der Waals surface area (Å²) >= 11 is 1.67. The second-order valence-electron chi connectivity index (χ2n) is 5.77. The van der Waals surface area contributed by atoms with Crippen LogP contribution in [0.3, 0.4) is 0 Å². The fraction of sp³-hybridized carbons (Fsp3) is 0.389. The van der Waals surface area contributed by atoms with Gasteiger partial charge in [0.2, 0.25) is 0 Å². The van der Waals surface area contributed by atoms with Crippen molar-refractivity contribution in [3.05, 3.63) is 52.2 Å². The lowest BCUT2D eigenvalue weighted by atomic mass is 10.0. The molecule has 0 aliphatic carbocycles. The molecule has 1 fully saturated rings. The number of likely N-dealkylation sites (tertiary alicyclic amines) is 1. The highest BCUT2D eigenvalue weighted by Gasteiger charge is 2.23. The van der Waals surface area contributed by atoms with Crippen LogP contribution in [-0.4, -0.2) is 37.0 Å². The zero-order valence-corrected chi connectivity index (χ0v) is 15.4. The van der Waals surface area contributed by atoms with E-state index in [9.17, 15) is 4.79 Å². The largest absolute Gasteiger partial charge is 0.488 e. The number of amides is 1. The smallest absolute Gasteiger partial charge is 0.254 e. The van der Waals surface area contributed by atoms with Crippen molar-refractivity contribution >= 4 is 29.7 Å². The van der Waals surface area contributed by atoms with Gasteiger partial charge in [0.25, 0.3) is 5.91 Å². The number of benzene rings is 1. The summed E-state index contributed by atoms with van der Waals surface area (Å²) in [4.78, 5) is 15.8. The molecule has 1 N–H and O–H groups in total. The van der Waals surface area contributed by atoms with Crippen molar-refractivity contribution in [1.29, 1.82) is 0 Å². The van der Waals surface area contributed by atoms with Gasteiger partial charge in [0.1, 0.15) is 12.4 Å². The minimum absolute atomic E-state index is 0. The van der Waals surface area contributed by atoms with Crippen LogP contribution in [-0.2, 0) is 6.61 Å². The van der Waals surface area contributed by atoms with Gasteiger partial charge in [-0.25, -0.2) is 0 Å². The summed E-state index contributed by atoms with van der Waals surface area (Å²) in [5, 5.41) is 5.30. The van der Waals surface area contributed by atoms with E-state index in [2.05, 4.69) is 5.32 Å². The molecular weight excluding hydrogens is 344 g/mol. The van der Waals surface area contributed by atoms with E-state index in [1.54, 1.807) is 11.3 Å². The number of thiophene rings is 1. The lowest BCUT2D eigenvalue weighted by Gasteiger charge is -2.32. The first-order chi connectivity index (χ1) is 11.3. The number of likely N-dealkylation sites (N-methyl/N-ethyl adjacent to an activating group) is 1. The second-order valence-corrected chi connectivity index (χ2v) is 6.81. The highest BCUT2D eigenvalue weighted by molar-refractivity contribution is 7.09. The Kier molecular flexibility index (Phi) is 7.09. The maximum Gasteiger partial charge on any atom is 0.254 e. The average molecular weight is 367 g/mol. The van der Waals surface area contributed by atoms with E-state index in [-0.39, 0.29) is 18.3 Å². The van der Waals surface area contributed by atoms with Crippen LogP contribution >= 0.6 is 23.7 Å². The van der Waals surface area contributed by atoms with Gasteiger partial charge in [-0.15, -0.1) is 23.7 Å². The molecule has 24 heavy (non-hydrogen) atoms. The van der Waals surface area contributed by atoms with E-state index < -0.39 is 0 Å². The van der Waals surface area contributed by atoms with Gasteiger partial charge in [-0.3, -0.25) is 4.79 Å². The summed E-state index contributed by atoms with van der Waals surface area (Å²) in [5.41, 5.74) is 0.699. The molecule has 1 saturated heterocycles. The molecule has 4 nitrogen and oxygen atoms in total. The Bertz CT molecular complexity index is 648. The molecule has 6 heteroatoms.